The highest BCUT2D eigenvalue weighted by atomic mass is 16.2. The van der Waals surface area contributed by atoms with Crippen molar-refractivity contribution in [1.82, 2.24) is 5.32 Å². The van der Waals surface area contributed by atoms with E-state index in [1.54, 1.807) is 0 Å². The second kappa shape index (κ2) is 11.4. The summed E-state index contributed by atoms with van der Waals surface area (Å²) in [4.78, 5) is 24.4. The lowest BCUT2D eigenvalue weighted by Crippen LogP contribution is -2.38. The van der Waals surface area contributed by atoms with E-state index in [9.17, 15) is 9.59 Å². The van der Waals surface area contributed by atoms with Crippen molar-refractivity contribution in [3.8, 4) is 0 Å². The van der Waals surface area contributed by atoms with Crippen LogP contribution in [0.15, 0.2) is 72.8 Å². The van der Waals surface area contributed by atoms with Crippen molar-refractivity contribution in [3.63, 3.8) is 0 Å². The molecule has 1 saturated carbocycles. The predicted molar refractivity (Wildman–Crippen MR) is 139 cm³/mol. The van der Waals surface area contributed by atoms with Crippen molar-refractivity contribution in [2.45, 2.75) is 51.5 Å². The van der Waals surface area contributed by atoms with Crippen molar-refractivity contribution in [2.75, 3.05) is 16.0 Å². The number of carbonyl (C=O) groups excluding carboxylic acids is 2. The van der Waals surface area contributed by atoms with E-state index in [1.807, 2.05) is 79.7 Å². The van der Waals surface area contributed by atoms with Crippen molar-refractivity contribution < 1.29 is 9.59 Å². The number of carbonyl (C=O) groups is 2. The molecule has 34 heavy (non-hydrogen) atoms. The van der Waals surface area contributed by atoms with E-state index in [0.29, 0.717) is 6.04 Å². The molecule has 0 heterocycles. The van der Waals surface area contributed by atoms with Gasteiger partial charge in [0.05, 0.1) is 0 Å². The molecule has 0 atom stereocenters. The Kier molecular flexibility index (Phi) is 7.81. The smallest absolute Gasteiger partial charge is 0.323 e. The third-order valence-electron chi connectivity index (χ3n) is 6.08. The summed E-state index contributed by atoms with van der Waals surface area (Å²) in [6, 6.07) is 23.3. The van der Waals surface area contributed by atoms with Gasteiger partial charge in [-0.2, -0.15) is 0 Å². The Bertz CT molecular complexity index is 1090. The van der Waals surface area contributed by atoms with Gasteiger partial charge in [0.25, 0.3) is 0 Å². The zero-order chi connectivity index (χ0) is 23.8. The maximum atomic E-state index is 12.2. The van der Waals surface area contributed by atoms with E-state index in [4.69, 9.17) is 0 Å². The van der Waals surface area contributed by atoms with Crippen LogP contribution in [0.2, 0.25) is 0 Å². The van der Waals surface area contributed by atoms with Gasteiger partial charge in [0.1, 0.15) is 0 Å². The summed E-state index contributed by atoms with van der Waals surface area (Å²) in [6.45, 7) is 2.01. The van der Waals surface area contributed by atoms with Gasteiger partial charge in [0.2, 0.25) is 0 Å². The molecule has 4 rings (SSSR count). The molecule has 0 spiro atoms. The molecule has 1 fully saturated rings. The van der Waals surface area contributed by atoms with Crippen molar-refractivity contribution in [2.24, 2.45) is 0 Å². The third kappa shape index (κ3) is 7.10. The highest BCUT2D eigenvalue weighted by Gasteiger charge is 2.15. The third-order valence-corrected chi connectivity index (χ3v) is 6.08. The Hall–Kier alpha value is -3.80. The molecule has 1 aliphatic rings. The largest absolute Gasteiger partial charge is 0.335 e. The van der Waals surface area contributed by atoms with Crippen LogP contribution in [0.25, 0.3) is 0 Å². The van der Waals surface area contributed by atoms with E-state index >= 15 is 0 Å². The summed E-state index contributed by atoms with van der Waals surface area (Å²) in [5, 5.41) is 11.7. The van der Waals surface area contributed by atoms with Crippen LogP contribution in [0.3, 0.4) is 0 Å². The van der Waals surface area contributed by atoms with Crippen LogP contribution in [-0.2, 0) is 6.42 Å². The number of hydrogen-bond acceptors (Lipinski definition) is 2. The average molecular weight is 457 g/mol. The molecule has 0 unspecified atom stereocenters. The number of benzene rings is 3. The standard InChI is InChI=1S/C28H32N4O2/c1-20-7-13-24(14-8-20)30-28(34)32-26-17-11-22(12-18-26)19-21-9-15-25(16-10-21)31-27(33)29-23-5-3-2-4-6-23/h7-18,23H,2-6,19H2,1H3,(H2,29,31,33)(H2,30,32,34). The average Bonchev–Trinajstić information content (AvgIpc) is 2.84. The molecule has 176 valence electrons. The molecule has 0 bridgehead atoms. The van der Waals surface area contributed by atoms with Crippen LogP contribution in [0.5, 0.6) is 0 Å². The van der Waals surface area contributed by atoms with Gasteiger partial charge < -0.3 is 21.3 Å². The van der Waals surface area contributed by atoms with Crippen molar-refractivity contribution >= 4 is 29.1 Å². The molecule has 3 aromatic rings. The van der Waals surface area contributed by atoms with Crippen LogP contribution >= 0.6 is 0 Å². The minimum atomic E-state index is -0.271. The number of aryl methyl sites for hydroxylation is 1. The molecular formula is C28H32N4O2. The maximum absolute atomic E-state index is 12.2. The van der Waals surface area contributed by atoms with Crippen LogP contribution in [0.4, 0.5) is 26.7 Å². The Morgan fingerprint density at radius 3 is 1.59 bits per heavy atom. The van der Waals surface area contributed by atoms with E-state index in [2.05, 4.69) is 21.3 Å². The van der Waals surface area contributed by atoms with Gasteiger partial charge >= 0.3 is 12.1 Å². The molecule has 0 aliphatic heterocycles. The first-order chi connectivity index (χ1) is 16.5. The minimum Gasteiger partial charge on any atom is -0.335 e. The molecule has 3 aromatic carbocycles. The molecule has 4 amide bonds. The summed E-state index contributed by atoms with van der Waals surface area (Å²) in [5.74, 6) is 0. The van der Waals surface area contributed by atoms with E-state index in [-0.39, 0.29) is 12.1 Å². The van der Waals surface area contributed by atoms with Crippen LogP contribution < -0.4 is 21.3 Å². The van der Waals surface area contributed by atoms with Gasteiger partial charge in [-0.1, -0.05) is 61.2 Å². The molecule has 0 radical (unpaired) electrons. The monoisotopic (exact) mass is 456 g/mol. The summed E-state index contributed by atoms with van der Waals surface area (Å²) < 4.78 is 0. The normalized spacial score (nSPS) is 13.7. The first-order valence-electron chi connectivity index (χ1n) is 11.9. The van der Waals surface area contributed by atoms with E-state index in [1.165, 1.54) is 19.3 Å². The molecular weight excluding hydrogens is 424 g/mol. The van der Waals surface area contributed by atoms with Crippen LogP contribution in [-0.4, -0.2) is 18.1 Å². The fourth-order valence-electron chi connectivity index (χ4n) is 4.18. The van der Waals surface area contributed by atoms with Crippen molar-refractivity contribution in [1.29, 1.82) is 0 Å². The van der Waals surface area contributed by atoms with Gasteiger partial charge in [-0.25, -0.2) is 9.59 Å². The fourth-order valence-corrected chi connectivity index (χ4v) is 4.18. The first kappa shape index (κ1) is 23.4. The number of urea groups is 2. The molecule has 6 heteroatoms. The Labute approximate surface area is 201 Å². The van der Waals surface area contributed by atoms with Gasteiger partial charge in [-0.05, 0) is 73.7 Å². The highest BCUT2D eigenvalue weighted by molar-refractivity contribution is 5.99. The Balaban J connectivity index is 1.24. The number of nitrogens with one attached hydrogen (secondary N) is 4. The molecule has 6 nitrogen and oxygen atoms in total. The van der Waals surface area contributed by atoms with E-state index in [0.717, 1.165) is 53.0 Å². The lowest BCUT2D eigenvalue weighted by Gasteiger charge is -2.22. The maximum Gasteiger partial charge on any atom is 0.323 e. The quantitative estimate of drug-likeness (QED) is 0.333. The minimum absolute atomic E-state index is 0.130. The summed E-state index contributed by atoms with van der Waals surface area (Å²) >= 11 is 0. The second-order valence-corrected chi connectivity index (χ2v) is 8.95. The van der Waals surface area contributed by atoms with E-state index < -0.39 is 0 Å². The van der Waals surface area contributed by atoms with Crippen molar-refractivity contribution in [3.05, 3.63) is 89.5 Å². The predicted octanol–water partition coefficient (Wildman–Crippen LogP) is 6.68. The zero-order valence-corrected chi connectivity index (χ0v) is 19.6. The van der Waals surface area contributed by atoms with Gasteiger partial charge in [-0.3, -0.25) is 0 Å². The molecule has 0 saturated heterocycles. The zero-order valence-electron chi connectivity index (χ0n) is 19.6. The lowest BCUT2D eigenvalue weighted by atomic mass is 9.96. The first-order valence-corrected chi connectivity index (χ1v) is 11.9. The summed E-state index contributed by atoms with van der Waals surface area (Å²) in [6.07, 6.45) is 6.55. The van der Waals surface area contributed by atoms with Gasteiger partial charge in [-0.15, -0.1) is 0 Å². The SMILES string of the molecule is Cc1ccc(NC(=O)Nc2ccc(Cc3ccc(NC(=O)NC4CCCCC4)cc3)cc2)cc1. The summed E-state index contributed by atoms with van der Waals surface area (Å²) in [5.41, 5.74) is 5.71. The van der Waals surface area contributed by atoms with Crippen LogP contribution in [0, 0.1) is 6.92 Å². The second-order valence-electron chi connectivity index (χ2n) is 8.95. The summed E-state index contributed by atoms with van der Waals surface area (Å²) in [7, 11) is 0. The Morgan fingerprint density at radius 2 is 1.09 bits per heavy atom. The molecule has 0 aromatic heterocycles. The number of rotatable bonds is 6. The number of anilines is 3. The molecule has 1 aliphatic carbocycles. The number of hydrogen-bond donors (Lipinski definition) is 4. The lowest BCUT2D eigenvalue weighted by molar-refractivity contribution is 0.244. The van der Waals surface area contributed by atoms with Crippen LogP contribution in [0.1, 0.15) is 48.8 Å². The fraction of sp³-hybridized carbons (Fsp3) is 0.286. The molecule has 4 N–H and O–H groups in total. The van der Waals surface area contributed by atoms with Gasteiger partial charge in [0.15, 0.2) is 0 Å². The highest BCUT2D eigenvalue weighted by Crippen LogP contribution is 2.19. The van der Waals surface area contributed by atoms with Gasteiger partial charge in [0, 0.05) is 23.1 Å². The Morgan fingerprint density at radius 1 is 0.647 bits per heavy atom. The topological polar surface area (TPSA) is 82.3 Å². The number of amides is 4.